The molecular formula is C47H76O18. The van der Waals surface area contributed by atoms with E-state index in [4.69, 9.17) is 23.7 Å². The molecule has 0 amide bonds. The van der Waals surface area contributed by atoms with Gasteiger partial charge in [-0.15, -0.1) is 0 Å². The second kappa shape index (κ2) is 17.5. The highest BCUT2D eigenvalue weighted by atomic mass is 16.8. The van der Waals surface area contributed by atoms with Crippen LogP contribution in [0.5, 0.6) is 0 Å². The van der Waals surface area contributed by atoms with Crippen LogP contribution in [-0.2, 0) is 33.3 Å². The molecule has 65 heavy (non-hydrogen) atoms. The number of hydrogen-bond acceptors (Lipinski definition) is 17. The molecule has 7 rings (SSSR count). The maximum Gasteiger partial charge on any atom is 0.335 e. The fraction of sp³-hybridized carbons (Fsp3) is 0.915. The molecule has 18 nitrogen and oxygen atoms in total. The van der Waals surface area contributed by atoms with Gasteiger partial charge >= 0.3 is 11.9 Å². The molecule has 22 atom stereocenters. The van der Waals surface area contributed by atoms with Crippen LogP contribution in [0.1, 0.15) is 107 Å². The third-order valence-electron chi connectivity index (χ3n) is 19.0. The van der Waals surface area contributed by atoms with Gasteiger partial charge in [0.1, 0.15) is 55.4 Å². The average molecular weight is 929 g/mol. The number of aliphatic carboxylic acids is 1. The standard InChI is InChI=1S/C47H76O18/c1-9-22(2)39(60)64-37-36(57)46(20-49)24(16-41(37,3)4)23-10-11-27-42(5)14-13-29(43(6,19-48)26(42)12-15-44(27,7)45(23,8)17-28(46)52)62-40-32(55)33(31(54)34(63-40)38(58)59)65-47(21-50)35(56)30(53)25(51)18-61-47/h10,22,24-37,40,48-57H,9,11-21H2,1-8H3,(H,58,59). The second-order valence-corrected chi connectivity index (χ2v) is 22.6. The van der Waals surface area contributed by atoms with Crippen LogP contribution in [-0.4, -0.2) is 174 Å². The summed E-state index contributed by atoms with van der Waals surface area (Å²) in [6, 6.07) is 0. The predicted molar refractivity (Wildman–Crippen MR) is 227 cm³/mol. The molecule has 372 valence electrons. The lowest BCUT2D eigenvalue weighted by atomic mass is 9.33. The summed E-state index contributed by atoms with van der Waals surface area (Å²) < 4.78 is 29.5. The first-order chi connectivity index (χ1) is 30.2. The van der Waals surface area contributed by atoms with Crippen molar-refractivity contribution in [3.05, 3.63) is 11.6 Å². The SMILES string of the molecule is CCC(C)C(=O)OC1C(O)C2(CO)C(O)CC3(C)C(=CCC4C5(C)CCC(OC6OC(C(=O)O)C(O)C(OC7(CO)OCC(O)C(O)C7O)C6O)C(C)(CO)C5CCC43C)C2CC1(C)C. The van der Waals surface area contributed by atoms with E-state index in [1.165, 1.54) is 0 Å². The van der Waals surface area contributed by atoms with Crippen molar-refractivity contribution in [1.82, 2.24) is 0 Å². The molecule has 0 aromatic rings. The molecule has 18 heteroatoms. The van der Waals surface area contributed by atoms with E-state index in [9.17, 15) is 65.8 Å². The van der Waals surface area contributed by atoms with Crippen LogP contribution in [0.2, 0.25) is 0 Å². The maximum absolute atomic E-state index is 13.1. The van der Waals surface area contributed by atoms with E-state index in [0.717, 1.165) is 5.57 Å². The molecular weight excluding hydrogens is 852 g/mol. The number of hydrogen-bond donors (Lipinski definition) is 11. The molecule has 4 saturated carbocycles. The Morgan fingerprint density at radius 3 is 2.12 bits per heavy atom. The van der Waals surface area contributed by atoms with Crippen molar-refractivity contribution >= 4 is 11.9 Å². The highest BCUT2D eigenvalue weighted by Gasteiger charge is 2.73. The lowest BCUT2D eigenvalue weighted by molar-refractivity contribution is -0.398. The number of aliphatic hydroxyl groups excluding tert-OH is 10. The Kier molecular flexibility index (Phi) is 13.7. The summed E-state index contributed by atoms with van der Waals surface area (Å²) >= 11 is 0. The zero-order chi connectivity index (χ0) is 48.2. The van der Waals surface area contributed by atoms with Crippen LogP contribution in [0.15, 0.2) is 11.6 Å². The molecule has 5 aliphatic carbocycles. The summed E-state index contributed by atoms with van der Waals surface area (Å²) in [5, 5.41) is 122. The molecule has 0 aromatic heterocycles. The van der Waals surface area contributed by atoms with Crippen LogP contribution in [0.25, 0.3) is 0 Å². The van der Waals surface area contributed by atoms with Gasteiger partial charge in [0, 0.05) is 10.8 Å². The molecule has 6 fully saturated rings. The number of carbonyl (C=O) groups is 2. The molecule has 0 aromatic carbocycles. The van der Waals surface area contributed by atoms with Gasteiger partial charge in [-0.2, -0.15) is 0 Å². The monoisotopic (exact) mass is 929 g/mol. The number of carbonyl (C=O) groups excluding carboxylic acids is 1. The average Bonchev–Trinajstić information content (AvgIpc) is 3.25. The van der Waals surface area contributed by atoms with E-state index < -0.39 is 149 Å². The fourth-order valence-electron chi connectivity index (χ4n) is 14.6. The van der Waals surface area contributed by atoms with Crippen molar-refractivity contribution in [2.24, 2.45) is 56.2 Å². The first-order valence-corrected chi connectivity index (χ1v) is 23.6. The highest BCUT2D eigenvalue weighted by molar-refractivity contribution is 5.73. The number of carboxylic acids is 1. The molecule has 2 saturated heterocycles. The molecule has 22 unspecified atom stereocenters. The third kappa shape index (κ3) is 7.41. The van der Waals surface area contributed by atoms with Gasteiger partial charge in [-0.1, -0.05) is 67.0 Å². The van der Waals surface area contributed by atoms with Crippen LogP contribution >= 0.6 is 0 Å². The van der Waals surface area contributed by atoms with Gasteiger partial charge < -0.3 is 79.9 Å². The highest BCUT2D eigenvalue weighted by Crippen LogP contribution is 2.76. The van der Waals surface area contributed by atoms with Crippen molar-refractivity contribution in [2.45, 2.75) is 186 Å². The van der Waals surface area contributed by atoms with E-state index >= 15 is 0 Å². The topological polar surface area (TPSA) is 303 Å². The number of carboxylic acid groups (broad SMARTS) is 1. The third-order valence-corrected chi connectivity index (χ3v) is 19.0. The Balaban J connectivity index is 1.17. The van der Waals surface area contributed by atoms with Crippen molar-refractivity contribution in [2.75, 3.05) is 26.4 Å². The summed E-state index contributed by atoms with van der Waals surface area (Å²) in [6.45, 7) is 13.6. The molecule has 7 aliphatic rings. The van der Waals surface area contributed by atoms with Crippen molar-refractivity contribution < 1.29 is 89.4 Å². The summed E-state index contributed by atoms with van der Waals surface area (Å²) in [5.41, 5.74) is -3.36. The van der Waals surface area contributed by atoms with E-state index in [1.54, 1.807) is 6.92 Å². The first kappa shape index (κ1) is 51.0. The quantitative estimate of drug-likeness (QED) is 0.0758. The second-order valence-electron chi connectivity index (χ2n) is 22.6. The Morgan fingerprint density at radius 2 is 1.52 bits per heavy atom. The minimum atomic E-state index is -2.48. The van der Waals surface area contributed by atoms with Gasteiger partial charge in [0.15, 0.2) is 12.4 Å². The smallest absolute Gasteiger partial charge is 0.335 e. The van der Waals surface area contributed by atoms with Crippen molar-refractivity contribution in [3.63, 3.8) is 0 Å². The molecule has 2 aliphatic heterocycles. The molecule has 2 heterocycles. The van der Waals surface area contributed by atoms with Gasteiger partial charge in [0.05, 0.1) is 43.4 Å². The Morgan fingerprint density at radius 1 is 0.846 bits per heavy atom. The van der Waals surface area contributed by atoms with Gasteiger partial charge in [0.25, 0.3) is 0 Å². The number of fused-ring (bicyclic) bond motifs is 7. The minimum Gasteiger partial charge on any atom is -0.479 e. The lowest BCUT2D eigenvalue weighted by Gasteiger charge is -2.72. The van der Waals surface area contributed by atoms with Gasteiger partial charge in [-0.05, 0) is 85.4 Å². The number of rotatable bonds is 11. The summed E-state index contributed by atoms with van der Waals surface area (Å²) in [6.07, 6.45) is -13.0. The van der Waals surface area contributed by atoms with E-state index in [0.29, 0.717) is 44.9 Å². The molecule has 0 bridgehead atoms. The number of ether oxygens (including phenoxy) is 5. The Labute approximate surface area is 380 Å². The largest absolute Gasteiger partial charge is 0.479 e. The van der Waals surface area contributed by atoms with Crippen molar-refractivity contribution in [1.29, 1.82) is 0 Å². The number of esters is 1. The van der Waals surface area contributed by atoms with Crippen LogP contribution in [0, 0.1) is 56.2 Å². The number of allylic oxidation sites excluding steroid dienone is 2. The van der Waals surface area contributed by atoms with Crippen LogP contribution in [0.3, 0.4) is 0 Å². The predicted octanol–water partition coefficient (Wildman–Crippen LogP) is 0.365. The van der Waals surface area contributed by atoms with Gasteiger partial charge in [-0.25, -0.2) is 4.79 Å². The molecule has 11 N–H and O–H groups in total. The summed E-state index contributed by atoms with van der Waals surface area (Å²) in [7, 11) is 0. The van der Waals surface area contributed by atoms with E-state index in [1.807, 2.05) is 27.7 Å². The zero-order valence-corrected chi connectivity index (χ0v) is 39.1. The number of aliphatic hydroxyl groups is 10. The van der Waals surface area contributed by atoms with Crippen molar-refractivity contribution in [3.8, 4) is 0 Å². The van der Waals surface area contributed by atoms with Gasteiger partial charge in [-0.3, -0.25) is 4.79 Å². The van der Waals surface area contributed by atoms with Crippen LogP contribution < -0.4 is 0 Å². The zero-order valence-electron chi connectivity index (χ0n) is 39.1. The van der Waals surface area contributed by atoms with Gasteiger partial charge in [0.2, 0.25) is 5.79 Å². The minimum absolute atomic E-state index is 0.0280. The Bertz CT molecular complexity index is 1810. The Hall–Kier alpha value is -1.88. The van der Waals surface area contributed by atoms with E-state index in [2.05, 4.69) is 26.8 Å². The van der Waals surface area contributed by atoms with Crippen LogP contribution in [0.4, 0.5) is 0 Å². The molecule has 0 spiro atoms. The summed E-state index contributed by atoms with van der Waals surface area (Å²) in [4.78, 5) is 25.6. The lowest BCUT2D eigenvalue weighted by Crippen LogP contribution is -2.72. The summed E-state index contributed by atoms with van der Waals surface area (Å²) in [5.74, 6) is -5.48. The normalized spacial score (nSPS) is 52.2. The first-order valence-electron chi connectivity index (χ1n) is 23.6. The molecule has 0 radical (unpaired) electrons. The fourth-order valence-corrected chi connectivity index (χ4v) is 14.6. The van der Waals surface area contributed by atoms with E-state index in [-0.39, 0.29) is 30.8 Å². The maximum atomic E-state index is 13.1.